The minimum Gasteiger partial charge on any atom is -0.295 e. The van der Waals surface area contributed by atoms with Crippen molar-refractivity contribution in [3.05, 3.63) is 53.0 Å². The fourth-order valence-electron chi connectivity index (χ4n) is 2.12. The number of benzene rings is 1. The van der Waals surface area contributed by atoms with E-state index in [1.165, 1.54) is 28.2 Å². The van der Waals surface area contributed by atoms with E-state index in [-0.39, 0.29) is 17.4 Å². The monoisotopic (exact) mass is 329 g/mol. The van der Waals surface area contributed by atoms with Crippen molar-refractivity contribution in [2.24, 2.45) is 0 Å². The smallest absolute Gasteiger partial charge is 0.277 e. The first-order valence-corrected chi connectivity index (χ1v) is 7.97. The summed E-state index contributed by atoms with van der Waals surface area (Å²) in [6.45, 7) is 0. The second-order valence-electron chi connectivity index (χ2n) is 5.30. The summed E-state index contributed by atoms with van der Waals surface area (Å²) in [6, 6.07) is 7.48. The Kier molecular flexibility index (Phi) is 3.38. The lowest BCUT2D eigenvalue weighted by molar-refractivity contribution is 0.102. The van der Waals surface area contributed by atoms with Gasteiger partial charge in [0.1, 0.15) is 10.8 Å². The van der Waals surface area contributed by atoms with E-state index in [9.17, 15) is 9.18 Å². The maximum absolute atomic E-state index is 12.9. The van der Waals surface area contributed by atoms with Crippen molar-refractivity contribution in [3.8, 4) is 5.69 Å². The molecule has 23 heavy (non-hydrogen) atoms. The Labute approximate surface area is 135 Å². The first-order valence-electron chi connectivity index (χ1n) is 7.15. The van der Waals surface area contributed by atoms with Gasteiger partial charge >= 0.3 is 0 Å². The van der Waals surface area contributed by atoms with Gasteiger partial charge in [0.25, 0.3) is 5.91 Å². The van der Waals surface area contributed by atoms with Crippen LogP contribution in [0.1, 0.15) is 34.3 Å². The molecule has 116 valence electrons. The van der Waals surface area contributed by atoms with Crippen molar-refractivity contribution < 1.29 is 9.18 Å². The van der Waals surface area contributed by atoms with E-state index in [4.69, 9.17) is 0 Å². The molecule has 1 aliphatic carbocycles. The van der Waals surface area contributed by atoms with Crippen LogP contribution in [0.3, 0.4) is 0 Å². The fraction of sp³-hybridized carbons (Fsp3) is 0.200. The number of hydrogen-bond acceptors (Lipinski definition) is 5. The molecule has 0 unspecified atom stereocenters. The standard InChI is InChI=1S/C15H12FN5OS/c16-10-3-5-11(6-4-10)21-8-7-12(20-21)13(22)17-15-19-18-14(23-15)9-1-2-9/h3-9H,1-2H2,(H,17,19,22). The van der Waals surface area contributed by atoms with Crippen molar-refractivity contribution >= 4 is 22.4 Å². The molecule has 0 saturated heterocycles. The highest BCUT2D eigenvalue weighted by molar-refractivity contribution is 7.15. The predicted octanol–water partition coefficient (Wildman–Crippen LogP) is 2.99. The van der Waals surface area contributed by atoms with Crippen LogP contribution in [0.4, 0.5) is 9.52 Å². The number of nitrogens with zero attached hydrogens (tertiary/aromatic N) is 4. The molecule has 0 aliphatic heterocycles. The quantitative estimate of drug-likeness (QED) is 0.798. The van der Waals surface area contributed by atoms with Gasteiger partial charge in [0.15, 0.2) is 5.69 Å². The van der Waals surface area contributed by atoms with Gasteiger partial charge < -0.3 is 0 Å². The molecule has 6 nitrogen and oxygen atoms in total. The van der Waals surface area contributed by atoms with Crippen molar-refractivity contribution in [1.82, 2.24) is 20.0 Å². The summed E-state index contributed by atoms with van der Waals surface area (Å²) in [7, 11) is 0. The van der Waals surface area contributed by atoms with E-state index in [0.717, 1.165) is 17.8 Å². The molecule has 2 heterocycles. The molecule has 1 aromatic carbocycles. The van der Waals surface area contributed by atoms with Gasteiger partial charge in [-0.2, -0.15) is 5.10 Å². The second kappa shape index (κ2) is 5.54. The molecule has 1 saturated carbocycles. The number of hydrogen-bond donors (Lipinski definition) is 1. The lowest BCUT2D eigenvalue weighted by Gasteiger charge is -2.00. The molecule has 0 radical (unpaired) electrons. The summed E-state index contributed by atoms with van der Waals surface area (Å²) in [5.74, 6) is -0.151. The molecule has 0 spiro atoms. The molecule has 0 atom stereocenters. The SMILES string of the molecule is O=C(Nc1nnc(C2CC2)s1)c1ccn(-c2ccc(F)cc2)n1. The summed E-state index contributed by atoms with van der Waals surface area (Å²) < 4.78 is 14.5. The van der Waals surface area contributed by atoms with Crippen LogP contribution in [0.2, 0.25) is 0 Å². The Morgan fingerprint density at radius 1 is 1.22 bits per heavy atom. The van der Waals surface area contributed by atoms with E-state index in [1.807, 2.05) is 0 Å². The summed E-state index contributed by atoms with van der Waals surface area (Å²) in [5.41, 5.74) is 0.940. The number of anilines is 1. The van der Waals surface area contributed by atoms with Crippen LogP contribution in [0.15, 0.2) is 36.5 Å². The first-order chi connectivity index (χ1) is 11.2. The number of carbonyl (C=O) groups is 1. The summed E-state index contributed by atoms with van der Waals surface area (Å²) in [5, 5.41) is 16.4. The molecule has 2 aromatic heterocycles. The van der Waals surface area contributed by atoms with Crippen molar-refractivity contribution in [2.75, 3.05) is 5.32 Å². The second-order valence-corrected chi connectivity index (χ2v) is 6.30. The third-order valence-corrected chi connectivity index (χ3v) is 4.50. The van der Waals surface area contributed by atoms with Crippen LogP contribution >= 0.6 is 11.3 Å². The molecule has 3 aromatic rings. The number of nitrogens with one attached hydrogen (secondary N) is 1. The topological polar surface area (TPSA) is 72.7 Å². The highest BCUT2D eigenvalue weighted by Gasteiger charge is 2.27. The van der Waals surface area contributed by atoms with Gasteiger partial charge in [-0.25, -0.2) is 9.07 Å². The maximum atomic E-state index is 12.9. The Bertz CT molecular complexity index is 853. The minimum atomic E-state index is -0.343. The van der Waals surface area contributed by atoms with Gasteiger partial charge in [0.2, 0.25) is 5.13 Å². The summed E-state index contributed by atoms with van der Waals surface area (Å²) in [4.78, 5) is 12.2. The molecule has 1 amide bonds. The number of rotatable bonds is 4. The van der Waals surface area contributed by atoms with E-state index >= 15 is 0 Å². The Morgan fingerprint density at radius 3 is 2.74 bits per heavy atom. The third-order valence-electron chi connectivity index (χ3n) is 3.50. The van der Waals surface area contributed by atoms with Gasteiger partial charge in [-0.3, -0.25) is 10.1 Å². The summed E-state index contributed by atoms with van der Waals surface area (Å²) >= 11 is 1.40. The zero-order valence-electron chi connectivity index (χ0n) is 11.9. The molecule has 0 bridgehead atoms. The first kappa shape index (κ1) is 14.0. The van der Waals surface area contributed by atoms with Gasteiger partial charge in [0.05, 0.1) is 5.69 Å². The molecule has 4 rings (SSSR count). The Hall–Kier alpha value is -2.61. The molecule has 1 aliphatic rings. The van der Waals surface area contributed by atoms with Gasteiger partial charge in [-0.15, -0.1) is 10.2 Å². The van der Waals surface area contributed by atoms with Crippen LogP contribution in [0.5, 0.6) is 0 Å². The highest BCUT2D eigenvalue weighted by atomic mass is 32.1. The van der Waals surface area contributed by atoms with Crippen molar-refractivity contribution in [3.63, 3.8) is 0 Å². The zero-order valence-corrected chi connectivity index (χ0v) is 12.8. The van der Waals surface area contributed by atoms with Gasteiger partial charge in [-0.1, -0.05) is 11.3 Å². The Balaban J connectivity index is 1.48. The van der Waals surface area contributed by atoms with Crippen LogP contribution in [-0.2, 0) is 0 Å². The van der Waals surface area contributed by atoms with E-state index < -0.39 is 0 Å². The normalized spacial score (nSPS) is 14.0. The third kappa shape index (κ3) is 2.98. The molecule has 1 fully saturated rings. The van der Waals surface area contributed by atoms with Crippen LogP contribution in [0.25, 0.3) is 5.69 Å². The van der Waals surface area contributed by atoms with Crippen LogP contribution in [0, 0.1) is 5.82 Å². The van der Waals surface area contributed by atoms with Crippen molar-refractivity contribution in [2.45, 2.75) is 18.8 Å². The Morgan fingerprint density at radius 2 is 2.00 bits per heavy atom. The molecular weight excluding hydrogens is 317 g/mol. The zero-order chi connectivity index (χ0) is 15.8. The van der Waals surface area contributed by atoms with Crippen molar-refractivity contribution in [1.29, 1.82) is 0 Å². The number of amides is 1. The predicted molar refractivity (Wildman–Crippen MR) is 83.4 cm³/mol. The maximum Gasteiger partial charge on any atom is 0.277 e. The van der Waals surface area contributed by atoms with E-state index in [0.29, 0.717) is 16.7 Å². The lowest BCUT2D eigenvalue weighted by Crippen LogP contribution is -2.13. The fourth-order valence-corrected chi connectivity index (χ4v) is 3.03. The average Bonchev–Trinajstić information content (AvgIpc) is 3.10. The number of carbonyl (C=O) groups excluding carboxylic acids is 1. The highest BCUT2D eigenvalue weighted by Crippen LogP contribution is 2.42. The summed E-state index contributed by atoms with van der Waals surface area (Å²) in [6.07, 6.45) is 3.94. The minimum absolute atomic E-state index is 0.262. The molecule has 1 N–H and O–H groups in total. The largest absolute Gasteiger partial charge is 0.295 e. The van der Waals surface area contributed by atoms with E-state index in [2.05, 4.69) is 20.6 Å². The lowest BCUT2D eigenvalue weighted by atomic mass is 10.3. The molecule has 8 heteroatoms. The number of aromatic nitrogens is 4. The van der Waals surface area contributed by atoms with Gasteiger partial charge in [-0.05, 0) is 43.2 Å². The van der Waals surface area contributed by atoms with Crippen LogP contribution in [-0.4, -0.2) is 25.9 Å². The van der Waals surface area contributed by atoms with E-state index in [1.54, 1.807) is 24.4 Å². The van der Waals surface area contributed by atoms with Gasteiger partial charge in [0, 0.05) is 12.1 Å². The molecular formula is C15H12FN5OS. The average molecular weight is 329 g/mol. The number of halogens is 1. The van der Waals surface area contributed by atoms with Crippen LogP contribution < -0.4 is 5.32 Å².